The molecular weight excluding hydrogens is 484 g/mol. The molecule has 0 radical (unpaired) electrons. The molecule has 0 unspecified atom stereocenters. The van der Waals surface area contributed by atoms with Crippen LogP contribution in [0.3, 0.4) is 0 Å². The van der Waals surface area contributed by atoms with Crippen LogP contribution in [0.1, 0.15) is 21.8 Å². The molecule has 0 bridgehead atoms. The van der Waals surface area contributed by atoms with Crippen LogP contribution in [0, 0.1) is 5.41 Å². The van der Waals surface area contributed by atoms with Crippen LogP contribution in [-0.2, 0) is 21.4 Å². The van der Waals surface area contributed by atoms with Crippen molar-refractivity contribution >= 4 is 27.5 Å². The minimum absolute atomic E-state index is 0.0462. The molecule has 0 aliphatic carbocycles. The van der Waals surface area contributed by atoms with Gasteiger partial charge in [0.2, 0.25) is 10.0 Å². The Morgan fingerprint density at radius 1 is 1.11 bits per heavy atom. The minimum atomic E-state index is -3.95. The molecule has 6 N–H and O–H groups in total. The van der Waals surface area contributed by atoms with Gasteiger partial charge in [0.05, 0.1) is 4.90 Å². The molecule has 2 heterocycles. The highest BCUT2D eigenvalue weighted by Crippen LogP contribution is 2.32. The van der Waals surface area contributed by atoms with E-state index in [0.717, 1.165) is 0 Å². The molecule has 0 aliphatic rings. The lowest BCUT2D eigenvalue weighted by Crippen LogP contribution is -2.15. The number of rotatable bonds is 8. The number of methoxy groups -OCH3 is 1. The third kappa shape index (κ3) is 5.15. The zero-order valence-corrected chi connectivity index (χ0v) is 19.9. The number of carbonyl (C=O) groups excluding carboxylic acids is 1. The maximum Gasteiger partial charge on any atom is 0.274 e. The Bertz CT molecular complexity index is 1550. The highest BCUT2D eigenvalue weighted by molar-refractivity contribution is 7.89. The lowest BCUT2D eigenvalue weighted by molar-refractivity contribution is 0.102. The number of anilines is 1. The third-order valence-electron chi connectivity index (χ3n) is 5.22. The lowest BCUT2D eigenvalue weighted by atomic mass is 10.1. The lowest BCUT2D eigenvalue weighted by Gasteiger charge is -2.09. The van der Waals surface area contributed by atoms with Crippen LogP contribution in [0.15, 0.2) is 76.3 Å². The molecule has 36 heavy (non-hydrogen) atoms. The van der Waals surface area contributed by atoms with Gasteiger partial charge in [-0.15, -0.1) is 0 Å². The van der Waals surface area contributed by atoms with Crippen molar-refractivity contribution in [2.75, 3.05) is 12.4 Å². The summed E-state index contributed by atoms with van der Waals surface area (Å²) in [5.74, 6) is -0.380. The number of pyridine rings is 1. The average molecular weight is 507 g/mol. The van der Waals surface area contributed by atoms with Gasteiger partial charge < -0.3 is 20.3 Å². The molecule has 11 nitrogen and oxygen atoms in total. The molecule has 0 fully saturated rings. The zero-order chi connectivity index (χ0) is 25.9. The van der Waals surface area contributed by atoms with Gasteiger partial charge in [-0.3, -0.25) is 15.2 Å². The highest BCUT2D eigenvalue weighted by atomic mass is 32.2. The van der Waals surface area contributed by atoms with Gasteiger partial charge >= 0.3 is 0 Å². The van der Waals surface area contributed by atoms with Gasteiger partial charge in [-0.05, 0) is 18.2 Å². The molecule has 12 heteroatoms. The second kappa shape index (κ2) is 10.1. The molecule has 184 valence electrons. The fraction of sp³-hybridized carbons (Fsp3) is 0.0833. The number of nitrogens with zero attached hydrogens (tertiary/aromatic N) is 2. The Kier molecular flexibility index (Phi) is 6.92. The first-order valence-electron chi connectivity index (χ1n) is 10.5. The number of aromatic nitrogens is 2. The number of carbonyl (C=O) groups is 1. The molecule has 0 saturated heterocycles. The maximum atomic E-state index is 13.0. The fourth-order valence-electron chi connectivity index (χ4n) is 3.53. The molecule has 0 aliphatic heterocycles. The first kappa shape index (κ1) is 24.7. The largest absolute Gasteiger partial charge is 0.384 e. The SMILES string of the molecule is COCc1onc(-c2cccc(C(=N)N)c2)c1NC(=O)c1ccc(-c2ccccc2S(N)(=O)=O)cn1. The Hall–Kier alpha value is -4.39. The van der Waals surface area contributed by atoms with Gasteiger partial charge in [-0.25, -0.2) is 13.6 Å². The number of ether oxygens (including phenoxy) is 1. The zero-order valence-electron chi connectivity index (χ0n) is 19.1. The summed E-state index contributed by atoms with van der Waals surface area (Å²) in [5, 5.41) is 19.8. The van der Waals surface area contributed by atoms with Crippen molar-refractivity contribution in [3.8, 4) is 22.4 Å². The van der Waals surface area contributed by atoms with Gasteiger partial charge in [-0.1, -0.05) is 47.6 Å². The van der Waals surface area contributed by atoms with Crippen LogP contribution >= 0.6 is 0 Å². The Morgan fingerprint density at radius 3 is 2.56 bits per heavy atom. The van der Waals surface area contributed by atoms with Crippen molar-refractivity contribution in [3.05, 3.63) is 83.9 Å². The second-order valence-corrected chi connectivity index (χ2v) is 9.21. The van der Waals surface area contributed by atoms with Gasteiger partial charge in [0.25, 0.3) is 5.91 Å². The van der Waals surface area contributed by atoms with E-state index < -0.39 is 15.9 Å². The van der Waals surface area contributed by atoms with Crippen molar-refractivity contribution in [2.24, 2.45) is 10.9 Å². The standard InChI is InChI=1S/C24H22N6O5S/c1-34-13-19-22(21(30-35-19)14-5-4-6-15(11-14)23(25)26)29-24(31)18-10-9-16(12-28-18)17-7-2-3-8-20(17)36(27,32)33/h2-12H,13H2,1H3,(H3,25,26)(H,29,31)(H2,27,32,33). The van der Waals surface area contributed by atoms with Crippen LogP contribution in [0.25, 0.3) is 22.4 Å². The summed E-state index contributed by atoms with van der Waals surface area (Å²) in [4.78, 5) is 17.2. The molecule has 1 amide bonds. The van der Waals surface area contributed by atoms with E-state index in [-0.39, 0.29) is 34.5 Å². The monoisotopic (exact) mass is 506 g/mol. The summed E-state index contributed by atoms with van der Waals surface area (Å²) in [6, 6.07) is 16.1. The molecule has 0 saturated carbocycles. The smallest absolute Gasteiger partial charge is 0.274 e. The molecule has 2 aromatic heterocycles. The predicted octanol–water partition coefficient (Wildman–Crippen LogP) is 2.73. The number of benzene rings is 2. The normalized spacial score (nSPS) is 11.3. The van der Waals surface area contributed by atoms with E-state index in [1.807, 2.05) is 0 Å². The summed E-state index contributed by atoms with van der Waals surface area (Å²) in [5.41, 5.74) is 8.19. The van der Waals surface area contributed by atoms with Crippen molar-refractivity contribution < 1.29 is 22.5 Å². The van der Waals surface area contributed by atoms with E-state index in [1.54, 1.807) is 48.5 Å². The Morgan fingerprint density at radius 2 is 1.89 bits per heavy atom. The van der Waals surface area contributed by atoms with E-state index in [1.165, 1.54) is 25.4 Å². The second-order valence-electron chi connectivity index (χ2n) is 7.68. The summed E-state index contributed by atoms with van der Waals surface area (Å²) in [7, 11) is -2.47. The van der Waals surface area contributed by atoms with E-state index >= 15 is 0 Å². The number of amidine groups is 1. The van der Waals surface area contributed by atoms with Crippen LogP contribution in [0.2, 0.25) is 0 Å². The van der Waals surface area contributed by atoms with Gasteiger partial charge in [0.15, 0.2) is 5.76 Å². The number of hydrogen-bond donors (Lipinski definition) is 4. The van der Waals surface area contributed by atoms with Crippen LogP contribution in [-0.4, -0.2) is 37.4 Å². The average Bonchev–Trinajstić information content (AvgIpc) is 3.26. The minimum Gasteiger partial charge on any atom is -0.384 e. The summed E-state index contributed by atoms with van der Waals surface area (Å²) in [6.45, 7) is 0.0473. The number of nitrogens with two attached hydrogens (primary N) is 2. The molecule has 0 atom stereocenters. The predicted molar refractivity (Wildman–Crippen MR) is 133 cm³/mol. The highest BCUT2D eigenvalue weighted by Gasteiger charge is 2.22. The number of primary sulfonamides is 1. The molecular formula is C24H22N6O5S. The van der Waals surface area contributed by atoms with Crippen molar-refractivity contribution in [1.82, 2.24) is 10.1 Å². The summed E-state index contributed by atoms with van der Waals surface area (Å²) < 4.78 is 34.4. The van der Waals surface area contributed by atoms with E-state index in [9.17, 15) is 13.2 Å². The van der Waals surface area contributed by atoms with Crippen LogP contribution in [0.4, 0.5) is 5.69 Å². The molecule has 2 aromatic carbocycles. The molecule has 0 spiro atoms. The van der Waals surface area contributed by atoms with Crippen molar-refractivity contribution in [3.63, 3.8) is 0 Å². The molecule has 4 rings (SSSR count). The summed E-state index contributed by atoms with van der Waals surface area (Å²) in [6.07, 6.45) is 1.39. The van der Waals surface area contributed by atoms with E-state index in [2.05, 4.69) is 15.5 Å². The number of hydrogen-bond acceptors (Lipinski definition) is 8. The van der Waals surface area contributed by atoms with Gasteiger partial charge in [0.1, 0.15) is 29.5 Å². The number of nitrogen functional groups attached to an aromatic ring is 1. The van der Waals surface area contributed by atoms with Crippen LogP contribution < -0.4 is 16.2 Å². The summed E-state index contributed by atoms with van der Waals surface area (Å²) >= 11 is 0. The van der Waals surface area contributed by atoms with Crippen LogP contribution in [0.5, 0.6) is 0 Å². The third-order valence-corrected chi connectivity index (χ3v) is 6.19. The van der Waals surface area contributed by atoms with Crippen molar-refractivity contribution in [1.29, 1.82) is 5.41 Å². The van der Waals surface area contributed by atoms with Gasteiger partial charge in [0, 0.05) is 35.6 Å². The number of sulfonamides is 1. The van der Waals surface area contributed by atoms with E-state index in [4.69, 9.17) is 25.5 Å². The number of nitrogens with one attached hydrogen (secondary N) is 2. The Labute approximate surface area is 206 Å². The maximum absolute atomic E-state index is 13.0. The first-order chi connectivity index (χ1) is 17.2. The topological polar surface area (TPSA) is 187 Å². The Balaban J connectivity index is 1.65. The molecule has 4 aromatic rings. The van der Waals surface area contributed by atoms with Crippen molar-refractivity contribution in [2.45, 2.75) is 11.5 Å². The number of amides is 1. The van der Waals surface area contributed by atoms with Gasteiger partial charge in [-0.2, -0.15) is 0 Å². The quantitative estimate of drug-likeness (QED) is 0.207. The first-order valence-corrected chi connectivity index (χ1v) is 12.1. The van der Waals surface area contributed by atoms with E-state index in [0.29, 0.717) is 27.9 Å². The fourth-order valence-corrected chi connectivity index (χ4v) is 4.29.